The molecule has 0 radical (unpaired) electrons. The molecule has 1 heterocycles. The first-order chi connectivity index (χ1) is 16.7. The third-order valence-corrected chi connectivity index (χ3v) is 10.8. The Hall–Kier alpha value is -1.58. The van der Waals surface area contributed by atoms with Crippen molar-refractivity contribution in [1.29, 1.82) is 0 Å². The smallest absolute Gasteiger partial charge is 0.315 e. The second-order valence-electron chi connectivity index (χ2n) is 12.3. The van der Waals surface area contributed by atoms with Crippen LogP contribution in [0.3, 0.4) is 0 Å². The summed E-state index contributed by atoms with van der Waals surface area (Å²) in [7, 11) is 0. The summed E-state index contributed by atoms with van der Waals surface area (Å²) < 4.78 is 44.5. The monoisotopic (exact) mass is 524 g/mol. The summed E-state index contributed by atoms with van der Waals surface area (Å²) >= 11 is 4.19. The summed E-state index contributed by atoms with van der Waals surface area (Å²) in [6.07, 6.45) is 0.910. The van der Waals surface area contributed by atoms with E-state index in [0.717, 1.165) is 6.08 Å². The number of thiol groups is 1. The van der Waals surface area contributed by atoms with Crippen molar-refractivity contribution in [3.63, 3.8) is 0 Å². The van der Waals surface area contributed by atoms with Gasteiger partial charge in [0, 0.05) is 29.3 Å². The van der Waals surface area contributed by atoms with Crippen LogP contribution in [0.4, 0.5) is 8.78 Å². The Morgan fingerprint density at radius 2 is 1.92 bits per heavy atom. The minimum atomic E-state index is -2.27. The zero-order valence-electron chi connectivity index (χ0n) is 21.1. The zero-order valence-corrected chi connectivity index (χ0v) is 21.9. The molecule has 198 valence electrons. The van der Waals surface area contributed by atoms with Crippen LogP contribution >= 0.6 is 12.6 Å². The van der Waals surface area contributed by atoms with E-state index in [-0.39, 0.29) is 25.0 Å². The van der Waals surface area contributed by atoms with Gasteiger partial charge in [0.2, 0.25) is 5.12 Å². The summed E-state index contributed by atoms with van der Waals surface area (Å²) in [4.78, 5) is 38.7. The van der Waals surface area contributed by atoms with E-state index in [1.807, 2.05) is 0 Å². The third kappa shape index (κ3) is 2.99. The quantitative estimate of drug-likeness (QED) is 0.432. The molecule has 0 aromatic heterocycles. The highest BCUT2D eigenvalue weighted by molar-refractivity contribution is 7.96. The van der Waals surface area contributed by atoms with Gasteiger partial charge < -0.3 is 14.6 Å². The predicted molar refractivity (Wildman–Crippen MR) is 130 cm³/mol. The molecule has 9 heteroatoms. The molecule has 0 amide bonds. The van der Waals surface area contributed by atoms with Gasteiger partial charge in [-0.2, -0.15) is 0 Å². The molecule has 0 spiro atoms. The number of ketones is 1. The molecule has 6 unspecified atom stereocenters. The van der Waals surface area contributed by atoms with Gasteiger partial charge in [0.05, 0.1) is 18.1 Å². The summed E-state index contributed by atoms with van der Waals surface area (Å²) in [6.45, 7) is 7.32. The van der Waals surface area contributed by atoms with Crippen LogP contribution in [0, 0.1) is 34.0 Å². The Balaban J connectivity index is 1.60. The fourth-order valence-electron chi connectivity index (χ4n) is 8.34. The van der Waals surface area contributed by atoms with E-state index >= 15 is 8.78 Å². The number of esters is 1. The molecule has 0 aromatic rings. The number of hydrogen-bond acceptors (Lipinski definition) is 6. The Morgan fingerprint density at radius 3 is 2.53 bits per heavy atom. The molecular formula is C27H34F2O6S. The number of fused-ring (bicyclic) bond motifs is 5. The average molecular weight is 525 g/mol. The van der Waals surface area contributed by atoms with Gasteiger partial charge in [-0.3, -0.25) is 14.4 Å². The molecule has 5 rings (SSSR count). The maximum absolute atomic E-state index is 17.3. The summed E-state index contributed by atoms with van der Waals surface area (Å²) in [6, 6.07) is 0. The van der Waals surface area contributed by atoms with Crippen molar-refractivity contribution >= 4 is 29.5 Å². The van der Waals surface area contributed by atoms with Crippen molar-refractivity contribution < 1.29 is 37.7 Å². The first kappa shape index (κ1) is 26.0. The van der Waals surface area contributed by atoms with Gasteiger partial charge in [-0.05, 0) is 63.2 Å². The number of alkyl halides is 2. The van der Waals surface area contributed by atoms with Gasteiger partial charge in [-0.25, -0.2) is 8.78 Å². The van der Waals surface area contributed by atoms with Crippen molar-refractivity contribution in [3.05, 3.63) is 23.8 Å². The standard InChI is InChI=1S/C27H34F2O6S/c1-14-9-16-17-11-19(28)18-10-15(30)5-6-24(18,3)26(17,29)20(31)12-25(16,4)27(14,22(33)36)35-21(32)23(2)7-8-34-13-23/h5-6,10,14,16-17,19-20,31H,7-9,11-13H2,1-4H3,(H,33,36)/t14?,16-,17-,19?,20?,23?,24-,25-,26?,27?/m0/s1. The van der Waals surface area contributed by atoms with E-state index < -0.39 is 74.4 Å². The topological polar surface area (TPSA) is 89.9 Å². The lowest BCUT2D eigenvalue weighted by atomic mass is 9.44. The molecule has 10 atom stereocenters. The third-order valence-electron chi connectivity index (χ3n) is 10.5. The number of rotatable bonds is 3. The van der Waals surface area contributed by atoms with E-state index in [4.69, 9.17) is 9.47 Å². The fraction of sp³-hybridized carbons (Fsp3) is 0.741. The first-order valence-corrected chi connectivity index (χ1v) is 13.1. The molecule has 4 fully saturated rings. The molecule has 0 aromatic carbocycles. The maximum Gasteiger partial charge on any atom is 0.315 e. The van der Waals surface area contributed by atoms with Gasteiger partial charge in [0.1, 0.15) is 6.17 Å². The largest absolute Gasteiger partial charge is 0.449 e. The lowest BCUT2D eigenvalue weighted by Gasteiger charge is -2.63. The second kappa shape index (κ2) is 7.96. The van der Waals surface area contributed by atoms with Gasteiger partial charge >= 0.3 is 5.97 Å². The molecule has 36 heavy (non-hydrogen) atoms. The molecule has 5 aliphatic rings. The lowest BCUT2D eigenvalue weighted by molar-refractivity contribution is -0.231. The van der Waals surface area contributed by atoms with E-state index in [1.54, 1.807) is 20.8 Å². The predicted octanol–water partition coefficient (Wildman–Crippen LogP) is 3.72. The number of aliphatic hydroxyl groups is 1. The van der Waals surface area contributed by atoms with Gasteiger partial charge in [-0.1, -0.05) is 19.9 Å². The molecule has 6 nitrogen and oxygen atoms in total. The molecule has 3 saturated carbocycles. The van der Waals surface area contributed by atoms with E-state index in [9.17, 15) is 19.5 Å². The van der Waals surface area contributed by atoms with E-state index in [1.165, 1.54) is 19.1 Å². The average Bonchev–Trinajstić information content (AvgIpc) is 3.33. The second-order valence-corrected chi connectivity index (χ2v) is 12.7. The van der Waals surface area contributed by atoms with Crippen molar-refractivity contribution in [2.45, 2.75) is 76.9 Å². The van der Waals surface area contributed by atoms with E-state index in [2.05, 4.69) is 12.6 Å². The molecule has 0 bridgehead atoms. The Morgan fingerprint density at radius 1 is 1.22 bits per heavy atom. The van der Waals surface area contributed by atoms with Crippen molar-refractivity contribution in [2.75, 3.05) is 13.2 Å². The Kier molecular flexibility index (Phi) is 5.76. The normalized spacial score (nSPS) is 51.7. The highest BCUT2D eigenvalue weighted by Gasteiger charge is 2.78. The first-order valence-electron chi connectivity index (χ1n) is 12.7. The Labute approximate surface area is 215 Å². The van der Waals surface area contributed by atoms with Gasteiger partial charge in [0.15, 0.2) is 17.1 Å². The number of carbonyl (C=O) groups is 3. The van der Waals surface area contributed by atoms with Crippen LogP contribution in [0.1, 0.15) is 53.4 Å². The fourth-order valence-corrected chi connectivity index (χ4v) is 8.86. The molecule has 1 N–H and O–H groups in total. The number of hydrogen-bond donors (Lipinski definition) is 2. The van der Waals surface area contributed by atoms with Crippen molar-refractivity contribution in [2.24, 2.45) is 34.0 Å². The molecule has 1 saturated heterocycles. The summed E-state index contributed by atoms with van der Waals surface area (Å²) in [5.41, 5.74) is -7.57. The summed E-state index contributed by atoms with van der Waals surface area (Å²) in [5, 5.41) is 10.8. The lowest BCUT2D eigenvalue weighted by Crippen LogP contribution is -2.70. The summed E-state index contributed by atoms with van der Waals surface area (Å²) in [5.74, 6) is -3.07. The number of aliphatic hydroxyl groups excluding tert-OH is 1. The van der Waals surface area contributed by atoms with Crippen molar-refractivity contribution in [3.8, 4) is 0 Å². The van der Waals surface area contributed by atoms with Crippen molar-refractivity contribution in [1.82, 2.24) is 0 Å². The van der Waals surface area contributed by atoms with Crippen LogP contribution in [0.2, 0.25) is 0 Å². The molecular weight excluding hydrogens is 490 g/mol. The molecule has 4 aliphatic carbocycles. The Bertz CT molecular complexity index is 1080. The minimum absolute atomic E-state index is 0.0413. The number of ether oxygens (including phenoxy) is 2. The van der Waals surface area contributed by atoms with Crippen LogP contribution in [-0.2, 0) is 23.9 Å². The number of allylic oxidation sites excluding steroid dienone is 4. The number of carbonyl (C=O) groups excluding carboxylic acids is 3. The number of halogens is 2. The van der Waals surface area contributed by atoms with Crippen LogP contribution < -0.4 is 0 Å². The minimum Gasteiger partial charge on any atom is -0.449 e. The molecule has 1 aliphatic heterocycles. The SMILES string of the molecule is CC1C[C@H]2[C@@H]3CC(F)C4=CC(=O)C=C[C@]4(C)C3(F)C(O)C[C@]2(C)C1(OC(=O)C1(C)CCOC1)C(=O)S. The van der Waals surface area contributed by atoms with E-state index in [0.29, 0.717) is 19.4 Å². The zero-order chi connectivity index (χ0) is 26.5. The van der Waals surface area contributed by atoms with Crippen LogP contribution in [0.5, 0.6) is 0 Å². The van der Waals surface area contributed by atoms with Crippen LogP contribution in [-0.4, -0.2) is 58.7 Å². The van der Waals surface area contributed by atoms with Gasteiger partial charge in [0.25, 0.3) is 0 Å². The van der Waals surface area contributed by atoms with Gasteiger partial charge in [-0.15, -0.1) is 12.6 Å². The van der Waals surface area contributed by atoms with Crippen LogP contribution in [0.15, 0.2) is 23.8 Å². The highest BCUT2D eigenvalue weighted by Crippen LogP contribution is 2.72. The maximum atomic E-state index is 17.3. The highest BCUT2D eigenvalue weighted by atomic mass is 32.1. The van der Waals surface area contributed by atoms with Crippen LogP contribution in [0.25, 0.3) is 0 Å².